The van der Waals surface area contributed by atoms with E-state index in [1.165, 1.54) is 24.2 Å². The molecular weight excluding hydrogens is 402 g/mol. The molecule has 7 heteroatoms. The molecule has 0 spiro atoms. The van der Waals surface area contributed by atoms with Crippen LogP contribution in [0.5, 0.6) is 0 Å². The van der Waals surface area contributed by atoms with Crippen molar-refractivity contribution in [2.24, 2.45) is 10.9 Å². The highest BCUT2D eigenvalue weighted by molar-refractivity contribution is 5.80. The molecule has 2 heterocycles. The van der Waals surface area contributed by atoms with Gasteiger partial charge in [0.2, 0.25) is 0 Å². The van der Waals surface area contributed by atoms with Crippen LogP contribution in [0.1, 0.15) is 44.7 Å². The largest absolute Gasteiger partial charge is 0.466 e. The van der Waals surface area contributed by atoms with Crippen LogP contribution in [0, 0.1) is 5.92 Å². The average Bonchev–Trinajstić information content (AvgIpc) is 2.83. The van der Waals surface area contributed by atoms with E-state index in [2.05, 4.69) is 58.1 Å². The molecule has 0 atom stereocenters. The summed E-state index contributed by atoms with van der Waals surface area (Å²) in [5, 5.41) is 3.41. The number of nitrogens with zero attached hydrogens (tertiary/aromatic N) is 4. The first-order valence-corrected chi connectivity index (χ1v) is 12.3. The molecule has 0 aromatic heterocycles. The summed E-state index contributed by atoms with van der Waals surface area (Å²) in [6.45, 7) is 16.6. The van der Waals surface area contributed by atoms with Gasteiger partial charge in [0.15, 0.2) is 5.96 Å². The number of carbonyl (C=O) groups excluding carboxylic acids is 1. The normalized spacial score (nSPS) is 19.2. The van der Waals surface area contributed by atoms with Crippen LogP contribution >= 0.6 is 0 Å². The Hall–Kier alpha value is -2.12. The lowest BCUT2D eigenvalue weighted by Gasteiger charge is -2.34. The molecule has 7 nitrogen and oxygen atoms in total. The summed E-state index contributed by atoms with van der Waals surface area (Å²) in [4.78, 5) is 24.2. The molecule has 32 heavy (non-hydrogen) atoms. The number of ether oxygens (including phenoxy) is 1. The minimum atomic E-state index is -0.0542. The second-order valence-corrected chi connectivity index (χ2v) is 8.71. The molecular formula is C25H41N5O2. The van der Waals surface area contributed by atoms with E-state index < -0.39 is 0 Å². The smallest absolute Gasteiger partial charge is 0.309 e. The minimum absolute atomic E-state index is 0.0200. The third-order valence-corrected chi connectivity index (χ3v) is 6.50. The van der Waals surface area contributed by atoms with Crippen LogP contribution in [0.4, 0.5) is 0 Å². The Morgan fingerprint density at radius 1 is 0.969 bits per heavy atom. The molecule has 0 unspecified atom stereocenters. The fourth-order valence-corrected chi connectivity index (χ4v) is 4.45. The molecule has 0 amide bonds. The number of guanidine groups is 1. The molecule has 2 aliphatic rings. The molecule has 0 aliphatic carbocycles. The van der Waals surface area contributed by atoms with Crippen molar-refractivity contribution in [3.8, 4) is 0 Å². The second kappa shape index (κ2) is 12.8. The van der Waals surface area contributed by atoms with Crippen molar-refractivity contribution >= 4 is 11.9 Å². The number of hydrogen-bond donors (Lipinski definition) is 1. The number of rotatable bonds is 8. The van der Waals surface area contributed by atoms with Crippen molar-refractivity contribution in [1.29, 1.82) is 0 Å². The fraction of sp³-hybridized carbons (Fsp3) is 0.680. The third-order valence-electron chi connectivity index (χ3n) is 6.50. The van der Waals surface area contributed by atoms with Gasteiger partial charge in [0.1, 0.15) is 0 Å². The minimum Gasteiger partial charge on any atom is -0.466 e. The van der Waals surface area contributed by atoms with Gasteiger partial charge in [-0.1, -0.05) is 31.2 Å². The molecule has 0 bridgehead atoms. The molecule has 1 aromatic carbocycles. The highest BCUT2D eigenvalue weighted by Crippen LogP contribution is 2.19. The number of piperazine rings is 1. The Bertz CT molecular complexity index is 720. The molecule has 0 saturated carbocycles. The fourth-order valence-electron chi connectivity index (χ4n) is 4.45. The number of piperidine rings is 1. The van der Waals surface area contributed by atoms with Crippen LogP contribution in [-0.4, -0.2) is 85.6 Å². The summed E-state index contributed by atoms with van der Waals surface area (Å²) in [7, 11) is 0. The van der Waals surface area contributed by atoms with Crippen molar-refractivity contribution in [2.75, 3.05) is 59.0 Å². The van der Waals surface area contributed by atoms with E-state index in [0.29, 0.717) is 13.2 Å². The lowest BCUT2D eigenvalue weighted by molar-refractivity contribution is -0.149. The van der Waals surface area contributed by atoms with Crippen LogP contribution in [-0.2, 0) is 22.6 Å². The number of benzene rings is 1. The topological polar surface area (TPSA) is 60.4 Å². The van der Waals surface area contributed by atoms with Crippen molar-refractivity contribution in [1.82, 2.24) is 20.0 Å². The SMILES string of the molecule is CCNC(=NCc1ccc(CN2CCN(CC)CC2)cc1)N1CCC(C(=O)OCC)CC1. The first-order valence-electron chi connectivity index (χ1n) is 12.3. The predicted octanol–water partition coefficient (Wildman–Crippen LogP) is 2.56. The lowest BCUT2D eigenvalue weighted by atomic mass is 9.97. The predicted molar refractivity (Wildman–Crippen MR) is 130 cm³/mol. The summed E-state index contributed by atoms with van der Waals surface area (Å²) < 4.78 is 5.19. The molecule has 1 N–H and O–H groups in total. The van der Waals surface area contributed by atoms with E-state index in [9.17, 15) is 4.79 Å². The summed E-state index contributed by atoms with van der Waals surface area (Å²) in [5.41, 5.74) is 2.59. The zero-order valence-corrected chi connectivity index (χ0v) is 20.2. The number of aliphatic imine (C=N–C) groups is 1. The molecule has 178 valence electrons. The van der Waals surface area contributed by atoms with E-state index >= 15 is 0 Å². The van der Waals surface area contributed by atoms with Gasteiger partial charge in [-0.25, -0.2) is 4.99 Å². The van der Waals surface area contributed by atoms with E-state index in [1.807, 2.05) is 6.92 Å². The summed E-state index contributed by atoms with van der Waals surface area (Å²) >= 11 is 0. The highest BCUT2D eigenvalue weighted by Gasteiger charge is 2.27. The van der Waals surface area contributed by atoms with Gasteiger partial charge in [0.25, 0.3) is 0 Å². The molecule has 2 saturated heterocycles. The second-order valence-electron chi connectivity index (χ2n) is 8.71. The molecule has 2 fully saturated rings. The van der Waals surface area contributed by atoms with Gasteiger partial charge in [0.05, 0.1) is 19.1 Å². The summed E-state index contributed by atoms with van der Waals surface area (Å²) in [6.07, 6.45) is 1.65. The number of hydrogen-bond acceptors (Lipinski definition) is 5. The van der Waals surface area contributed by atoms with Gasteiger partial charge in [-0.3, -0.25) is 9.69 Å². The van der Waals surface area contributed by atoms with Crippen molar-refractivity contribution < 1.29 is 9.53 Å². The highest BCUT2D eigenvalue weighted by atomic mass is 16.5. The monoisotopic (exact) mass is 443 g/mol. The van der Waals surface area contributed by atoms with Gasteiger partial charge in [-0.05, 0) is 44.4 Å². The number of likely N-dealkylation sites (tertiary alicyclic amines) is 1. The molecule has 1 aromatic rings. The zero-order chi connectivity index (χ0) is 22.8. The van der Waals surface area contributed by atoms with E-state index in [4.69, 9.17) is 9.73 Å². The van der Waals surface area contributed by atoms with Gasteiger partial charge in [-0.15, -0.1) is 0 Å². The van der Waals surface area contributed by atoms with E-state index in [1.54, 1.807) is 0 Å². The van der Waals surface area contributed by atoms with Gasteiger partial charge in [-0.2, -0.15) is 0 Å². The van der Waals surface area contributed by atoms with Gasteiger partial charge >= 0.3 is 5.97 Å². The number of esters is 1. The van der Waals surface area contributed by atoms with Gasteiger partial charge in [0, 0.05) is 52.4 Å². The first-order chi connectivity index (χ1) is 15.6. The van der Waals surface area contributed by atoms with Crippen molar-refractivity contribution in [3.05, 3.63) is 35.4 Å². The summed E-state index contributed by atoms with van der Waals surface area (Å²) in [6, 6.07) is 8.90. The third kappa shape index (κ3) is 7.20. The van der Waals surface area contributed by atoms with Crippen molar-refractivity contribution in [2.45, 2.75) is 46.7 Å². The Morgan fingerprint density at radius 3 is 2.19 bits per heavy atom. The number of carbonyl (C=O) groups is 1. The quantitative estimate of drug-likeness (QED) is 0.379. The first kappa shape index (κ1) is 24.5. The molecule has 3 rings (SSSR count). The maximum atomic E-state index is 12.0. The Kier molecular flexibility index (Phi) is 9.81. The van der Waals surface area contributed by atoms with E-state index in [0.717, 1.165) is 64.6 Å². The van der Waals surface area contributed by atoms with Crippen LogP contribution in [0.3, 0.4) is 0 Å². The Morgan fingerprint density at radius 2 is 1.59 bits per heavy atom. The van der Waals surface area contributed by atoms with Gasteiger partial charge < -0.3 is 19.9 Å². The average molecular weight is 444 g/mol. The van der Waals surface area contributed by atoms with E-state index in [-0.39, 0.29) is 11.9 Å². The van der Waals surface area contributed by atoms with Crippen LogP contribution in [0.2, 0.25) is 0 Å². The maximum absolute atomic E-state index is 12.0. The lowest BCUT2D eigenvalue weighted by Crippen LogP contribution is -2.46. The van der Waals surface area contributed by atoms with Crippen LogP contribution in [0.15, 0.2) is 29.3 Å². The number of likely N-dealkylation sites (N-methyl/N-ethyl adjacent to an activating group) is 1. The van der Waals surface area contributed by atoms with Crippen LogP contribution < -0.4 is 5.32 Å². The standard InChI is InChI=1S/C25H41N5O2/c1-4-26-25(30-13-11-23(12-14-30)24(31)32-6-3)27-19-21-7-9-22(10-8-21)20-29-17-15-28(5-2)16-18-29/h7-10,23H,4-6,11-20H2,1-3H3,(H,26,27). The van der Waals surface area contributed by atoms with Crippen LogP contribution in [0.25, 0.3) is 0 Å². The zero-order valence-electron chi connectivity index (χ0n) is 20.2. The maximum Gasteiger partial charge on any atom is 0.309 e. The number of nitrogens with one attached hydrogen (secondary N) is 1. The molecule has 0 radical (unpaired) electrons. The molecule has 2 aliphatic heterocycles. The Labute approximate surface area is 193 Å². The Balaban J connectivity index is 1.50. The summed E-state index contributed by atoms with van der Waals surface area (Å²) in [5.74, 6) is 0.903. The van der Waals surface area contributed by atoms with Crippen molar-refractivity contribution in [3.63, 3.8) is 0 Å².